The quantitative estimate of drug-likeness (QED) is 0.574. The van der Waals surface area contributed by atoms with Gasteiger partial charge in [-0.2, -0.15) is 0 Å². The van der Waals surface area contributed by atoms with Crippen LogP contribution in [0.15, 0.2) is 67.0 Å². The predicted octanol–water partition coefficient (Wildman–Crippen LogP) is 4.20. The Kier molecular flexibility index (Phi) is 9.56. The number of aromatic nitrogens is 2. The van der Waals surface area contributed by atoms with Crippen LogP contribution in [0.2, 0.25) is 0 Å². The minimum atomic E-state index is 0. The fraction of sp³-hybridized carbons (Fsp3) is 0.333. The van der Waals surface area contributed by atoms with Gasteiger partial charge in [-0.3, -0.25) is 4.79 Å². The summed E-state index contributed by atoms with van der Waals surface area (Å²) < 4.78 is 2.11. The molecule has 1 fully saturated rings. The van der Waals surface area contributed by atoms with Gasteiger partial charge in [0.25, 0.3) is 5.91 Å². The average molecular weight is 461 g/mol. The molecule has 1 aliphatic rings. The van der Waals surface area contributed by atoms with E-state index < -0.39 is 0 Å². The van der Waals surface area contributed by atoms with Crippen molar-refractivity contribution in [3.63, 3.8) is 0 Å². The van der Waals surface area contributed by atoms with Crippen molar-refractivity contribution < 1.29 is 4.79 Å². The lowest BCUT2D eigenvalue weighted by molar-refractivity contribution is 0.0779. The number of rotatable bonds is 7. The van der Waals surface area contributed by atoms with E-state index in [0.29, 0.717) is 12.5 Å². The van der Waals surface area contributed by atoms with Gasteiger partial charge in [0.15, 0.2) is 0 Å². The topological polar surface area (TPSA) is 50.2 Å². The maximum atomic E-state index is 13.2. The minimum Gasteiger partial charge on any atom is -0.334 e. The number of benzene rings is 2. The second-order valence-electron chi connectivity index (χ2n) is 7.84. The van der Waals surface area contributed by atoms with Crippen LogP contribution in [-0.4, -0.2) is 40.5 Å². The van der Waals surface area contributed by atoms with Gasteiger partial charge < -0.3 is 14.8 Å². The van der Waals surface area contributed by atoms with Crippen LogP contribution >= 0.6 is 24.8 Å². The summed E-state index contributed by atoms with van der Waals surface area (Å²) >= 11 is 0. The Labute approximate surface area is 196 Å². The molecule has 0 saturated carbocycles. The van der Waals surface area contributed by atoms with Crippen LogP contribution in [-0.2, 0) is 19.5 Å². The molecule has 0 aliphatic carbocycles. The first-order valence-corrected chi connectivity index (χ1v) is 10.3. The molecule has 3 aromatic rings. The normalized spacial score (nSPS) is 15.1. The number of halogens is 2. The number of hydrogen-bond donors (Lipinski definition) is 1. The van der Waals surface area contributed by atoms with E-state index in [1.165, 1.54) is 12.0 Å². The summed E-state index contributed by atoms with van der Waals surface area (Å²) in [6, 6.07) is 18.3. The highest BCUT2D eigenvalue weighted by molar-refractivity contribution is 5.95. The van der Waals surface area contributed by atoms with Crippen molar-refractivity contribution in [2.75, 3.05) is 20.1 Å². The van der Waals surface area contributed by atoms with Crippen molar-refractivity contribution in [2.24, 2.45) is 5.92 Å². The first-order chi connectivity index (χ1) is 14.2. The van der Waals surface area contributed by atoms with Crippen molar-refractivity contribution in [2.45, 2.75) is 25.9 Å². The van der Waals surface area contributed by atoms with E-state index in [4.69, 9.17) is 0 Å². The van der Waals surface area contributed by atoms with Crippen LogP contribution in [0.3, 0.4) is 0 Å². The molecule has 166 valence electrons. The third-order valence-electron chi connectivity index (χ3n) is 5.64. The predicted molar refractivity (Wildman–Crippen MR) is 129 cm³/mol. The number of carbonyl (C=O) groups excluding carboxylic acids is 1. The summed E-state index contributed by atoms with van der Waals surface area (Å²) in [5.74, 6) is 1.56. The molecule has 1 unspecified atom stereocenters. The number of hydrogen-bond acceptors (Lipinski definition) is 3. The molecular weight excluding hydrogens is 431 g/mol. The highest BCUT2D eigenvalue weighted by Gasteiger charge is 2.21. The van der Waals surface area contributed by atoms with E-state index in [1.54, 1.807) is 11.1 Å². The van der Waals surface area contributed by atoms with Gasteiger partial charge in [0.05, 0.1) is 6.54 Å². The van der Waals surface area contributed by atoms with E-state index in [0.717, 1.165) is 43.0 Å². The SMILES string of the molecule is CN(Cc1nccn1Cc1ccccc1)C(=O)c1ccccc1CC1CCNC1.Cl.Cl. The van der Waals surface area contributed by atoms with E-state index in [-0.39, 0.29) is 30.7 Å². The van der Waals surface area contributed by atoms with Crippen molar-refractivity contribution >= 4 is 30.7 Å². The molecule has 1 amide bonds. The summed E-state index contributed by atoms with van der Waals surface area (Å²) in [5.41, 5.74) is 3.17. The lowest BCUT2D eigenvalue weighted by atomic mass is 9.94. The monoisotopic (exact) mass is 460 g/mol. The summed E-state index contributed by atoms with van der Waals surface area (Å²) in [5, 5.41) is 3.41. The third-order valence-corrected chi connectivity index (χ3v) is 5.64. The molecule has 1 N–H and O–H groups in total. The van der Waals surface area contributed by atoms with Gasteiger partial charge >= 0.3 is 0 Å². The molecule has 1 atom stereocenters. The molecule has 5 nitrogen and oxygen atoms in total. The standard InChI is InChI=1S/C24H28N4O.2ClH/c1-27(18-23-26-13-14-28(23)17-19-7-3-2-4-8-19)24(29)22-10-6-5-9-21(22)15-20-11-12-25-16-20;;/h2-10,13-14,20,25H,11-12,15-18H2,1H3;2*1H. The molecule has 7 heteroatoms. The summed E-state index contributed by atoms with van der Waals surface area (Å²) in [4.78, 5) is 19.5. The highest BCUT2D eigenvalue weighted by atomic mass is 35.5. The number of carbonyl (C=O) groups is 1. The first kappa shape index (κ1) is 24.9. The maximum absolute atomic E-state index is 13.2. The van der Waals surface area contributed by atoms with Crippen LogP contribution < -0.4 is 5.32 Å². The largest absolute Gasteiger partial charge is 0.334 e. The zero-order valence-electron chi connectivity index (χ0n) is 17.7. The molecule has 0 spiro atoms. The summed E-state index contributed by atoms with van der Waals surface area (Å²) in [6.07, 6.45) is 5.90. The number of nitrogens with zero attached hydrogens (tertiary/aromatic N) is 3. The van der Waals surface area contributed by atoms with Crippen molar-refractivity contribution in [1.82, 2.24) is 19.8 Å². The lowest BCUT2D eigenvalue weighted by Gasteiger charge is -2.20. The molecular formula is C24H30Cl2N4O. The molecule has 2 aromatic carbocycles. The molecule has 2 heterocycles. The van der Waals surface area contributed by atoms with Crippen molar-refractivity contribution in [1.29, 1.82) is 0 Å². The van der Waals surface area contributed by atoms with Crippen LogP contribution in [0.25, 0.3) is 0 Å². The van der Waals surface area contributed by atoms with Gasteiger partial charge in [0.2, 0.25) is 0 Å². The fourth-order valence-corrected chi connectivity index (χ4v) is 4.01. The first-order valence-electron chi connectivity index (χ1n) is 10.3. The highest BCUT2D eigenvalue weighted by Crippen LogP contribution is 2.20. The zero-order chi connectivity index (χ0) is 20.1. The van der Waals surface area contributed by atoms with Gasteiger partial charge in [-0.05, 0) is 49.0 Å². The van der Waals surface area contributed by atoms with Crippen LogP contribution in [0.1, 0.15) is 33.7 Å². The summed E-state index contributed by atoms with van der Waals surface area (Å²) in [7, 11) is 1.86. The molecule has 1 aromatic heterocycles. The van der Waals surface area contributed by atoms with Crippen molar-refractivity contribution in [3.05, 3.63) is 89.5 Å². The Morgan fingerprint density at radius 1 is 1.13 bits per heavy atom. The van der Waals surface area contributed by atoms with Crippen molar-refractivity contribution in [3.8, 4) is 0 Å². The van der Waals surface area contributed by atoms with E-state index >= 15 is 0 Å². The maximum Gasteiger partial charge on any atom is 0.254 e. The van der Waals surface area contributed by atoms with Gasteiger partial charge in [0.1, 0.15) is 5.82 Å². The molecule has 4 rings (SSSR count). The smallest absolute Gasteiger partial charge is 0.254 e. The van der Waals surface area contributed by atoms with E-state index in [1.807, 2.05) is 49.6 Å². The van der Waals surface area contributed by atoms with Gasteiger partial charge in [-0.1, -0.05) is 48.5 Å². The van der Waals surface area contributed by atoms with E-state index in [2.05, 4.69) is 33.1 Å². The van der Waals surface area contributed by atoms with Crippen LogP contribution in [0, 0.1) is 5.92 Å². The van der Waals surface area contributed by atoms with E-state index in [9.17, 15) is 4.79 Å². The lowest BCUT2D eigenvalue weighted by Crippen LogP contribution is -2.29. The second kappa shape index (κ2) is 11.9. The number of nitrogens with one attached hydrogen (secondary N) is 1. The molecule has 1 aliphatic heterocycles. The fourth-order valence-electron chi connectivity index (χ4n) is 4.01. The average Bonchev–Trinajstić information content (AvgIpc) is 3.41. The molecule has 31 heavy (non-hydrogen) atoms. The number of imidazole rings is 1. The Hall–Kier alpha value is -2.34. The Bertz CT molecular complexity index is 955. The molecule has 1 saturated heterocycles. The van der Waals surface area contributed by atoms with Crippen LogP contribution in [0.4, 0.5) is 0 Å². The van der Waals surface area contributed by atoms with Gasteiger partial charge in [-0.15, -0.1) is 24.8 Å². The van der Waals surface area contributed by atoms with Crippen LogP contribution in [0.5, 0.6) is 0 Å². The molecule has 0 bridgehead atoms. The number of amides is 1. The third kappa shape index (κ3) is 6.33. The van der Waals surface area contributed by atoms with Gasteiger partial charge in [0, 0.05) is 31.5 Å². The molecule has 0 radical (unpaired) electrons. The Morgan fingerprint density at radius 3 is 2.61 bits per heavy atom. The summed E-state index contributed by atoms with van der Waals surface area (Å²) in [6.45, 7) is 3.35. The Morgan fingerprint density at radius 2 is 1.87 bits per heavy atom. The van der Waals surface area contributed by atoms with Gasteiger partial charge in [-0.25, -0.2) is 4.98 Å². The second-order valence-corrected chi connectivity index (χ2v) is 7.84. The minimum absolute atomic E-state index is 0. The zero-order valence-corrected chi connectivity index (χ0v) is 19.4. The Balaban J connectivity index is 0.00000171.